The highest BCUT2D eigenvalue weighted by molar-refractivity contribution is 5.75. The molecule has 2 unspecified atom stereocenters. The van der Waals surface area contributed by atoms with E-state index in [0.29, 0.717) is 12.7 Å². The summed E-state index contributed by atoms with van der Waals surface area (Å²) in [5.74, 6) is -0.132. The standard InChI is InChI=1S/C15H30N2O3/c1-4-16-14(15(18)20-6-3)9-11-17-10-7-8-13(12-17)19-5-2/h13-14,16H,4-12H2,1-3H3. The van der Waals surface area contributed by atoms with Gasteiger partial charge in [0.2, 0.25) is 0 Å². The van der Waals surface area contributed by atoms with Gasteiger partial charge in [-0.2, -0.15) is 0 Å². The van der Waals surface area contributed by atoms with E-state index in [1.54, 1.807) is 0 Å². The van der Waals surface area contributed by atoms with E-state index in [2.05, 4.69) is 10.2 Å². The van der Waals surface area contributed by atoms with Crippen molar-refractivity contribution in [2.24, 2.45) is 0 Å². The van der Waals surface area contributed by atoms with E-state index in [1.807, 2.05) is 20.8 Å². The van der Waals surface area contributed by atoms with Crippen LogP contribution in [0.3, 0.4) is 0 Å². The van der Waals surface area contributed by atoms with Crippen molar-refractivity contribution in [3.05, 3.63) is 0 Å². The second-order valence-electron chi connectivity index (χ2n) is 5.17. The summed E-state index contributed by atoms with van der Waals surface area (Å²) in [5, 5.41) is 3.21. The van der Waals surface area contributed by atoms with E-state index in [9.17, 15) is 4.79 Å². The van der Waals surface area contributed by atoms with Crippen LogP contribution in [0.1, 0.15) is 40.0 Å². The molecule has 2 atom stereocenters. The summed E-state index contributed by atoms with van der Waals surface area (Å²) in [4.78, 5) is 14.2. The van der Waals surface area contributed by atoms with Gasteiger partial charge in [-0.05, 0) is 46.2 Å². The van der Waals surface area contributed by atoms with Crippen LogP contribution in [0, 0.1) is 0 Å². The van der Waals surface area contributed by atoms with Crippen molar-refractivity contribution >= 4 is 5.97 Å². The van der Waals surface area contributed by atoms with E-state index >= 15 is 0 Å². The molecular weight excluding hydrogens is 256 g/mol. The Labute approximate surface area is 123 Å². The first-order valence-electron chi connectivity index (χ1n) is 7.95. The minimum atomic E-state index is -0.188. The Morgan fingerprint density at radius 1 is 1.35 bits per heavy atom. The lowest BCUT2D eigenvalue weighted by Crippen LogP contribution is -2.44. The highest BCUT2D eigenvalue weighted by Gasteiger charge is 2.23. The van der Waals surface area contributed by atoms with Crippen molar-refractivity contribution in [1.82, 2.24) is 10.2 Å². The number of carbonyl (C=O) groups is 1. The minimum Gasteiger partial charge on any atom is -0.465 e. The Kier molecular flexibility index (Phi) is 8.82. The van der Waals surface area contributed by atoms with Gasteiger partial charge >= 0.3 is 5.97 Å². The van der Waals surface area contributed by atoms with Gasteiger partial charge in [0.25, 0.3) is 0 Å². The summed E-state index contributed by atoms with van der Waals surface area (Å²) in [5.41, 5.74) is 0. The molecule has 0 aliphatic carbocycles. The predicted octanol–water partition coefficient (Wildman–Crippen LogP) is 1.42. The third-order valence-electron chi connectivity index (χ3n) is 3.62. The summed E-state index contributed by atoms with van der Waals surface area (Å²) < 4.78 is 10.8. The van der Waals surface area contributed by atoms with Crippen LogP contribution in [0.5, 0.6) is 0 Å². The number of piperidine rings is 1. The molecule has 5 nitrogen and oxygen atoms in total. The van der Waals surface area contributed by atoms with Crippen molar-refractivity contribution in [3.63, 3.8) is 0 Å². The molecule has 0 amide bonds. The maximum Gasteiger partial charge on any atom is 0.323 e. The van der Waals surface area contributed by atoms with Crippen molar-refractivity contribution in [3.8, 4) is 0 Å². The SMILES string of the molecule is CCNC(CCN1CCCC(OCC)C1)C(=O)OCC. The van der Waals surface area contributed by atoms with Crippen LogP contribution in [-0.2, 0) is 14.3 Å². The van der Waals surface area contributed by atoms with Gasteiger partial charge in [-0.25, -0.2) is 0 Å². The first-order valence-corrected chi connectivity index (χ1v) is 7.95. The molecule has 0 aromatic heterocycles. The molecule has 1 fully saturated rings. The monoisotopic (exact) mass is 286 g/mol. The molecule has 0 radical (unpaired) electrons. The molecule has 1 saturated heterocycles. The quantitative estimate of drug-likeness (QED) is 0.650. The van der Waals surface area contributed by atoms with Crippen LogP contribution in [-0.4, -0.2) is 62.4 Å². The fraction of sp³-hybridized carbons (Fsp3) is 0.933. The van der Waals surface area contributed by atoms with E-state index < -0.39 is 0 Å². The van der Waals surface area contributed by atoms with Crippen LogP contribution in [0.4, 0.5) is 0 Å². The molecule has 1 aliphatic rings. The lowest BCUT2D eigenvalue weighted by Gasteiger charge is -2.33. The molecule has 0 aromatic carbocycles. The third-order valence-corrected chi connectivity index (χ3v) is 3.62. The molecule has 0 bridgehead atoms. The Morgan fingerprint density at radius 2 is 2.15 bits per heavy atom. The number of hydrogen-bond donors (Lipinski definition) is 1. The number of esters is 1. The molecule has 118 valence electrons. The Balaban J connectivity index is 2.36. The Hall–Kier alpha value is -0.650. The van der Waals surface area contributed by atoms with Crippen LogP contribution >= 0.6 is 0 Å². The molecule has 1 aliphatic heterocycles. The number of carbonyl (C=O) groups excluding carboxylic acids is 1. The normalized spacial score (nSPS) is 21.6. The molecule has 1 N–H and O–H groups in total. The molecule has 1 rings (SSSR count). The number of likely N-dealkylation sites (N-methyl/N-ethyl adjacent to an activating group) is 1. The van der Waals surface area contributed by atoms with Crippen molar-refractivity contribution in [2.75, 3.05) is 39.4 Å². The van der Waals surface area contributed by atoms with E-state index in [1.165, 1.54) is 6.42 Å². The fourth-order valence-corrected chi connectivity index (χ4v) is 2.69. The van der Waals surface area contributed by atoms with Crippen LogP contribution in [0.15, 0.2) is 0 Å². The van der Waals surface area contributed by atoms with Gasteiger partial charge in [-0.1, -0.05) is 6.92 Å². The molecule has 5 heteroatoms. The molecule has 20 heavy (non-hydrogen) atoms. The molecular formula is C15H30N2O3. The zero-order chi connectivity index (χ0) is 14.8. The van der Waals surface area contributed by atoms with Gasteiger partial charge < -0.3 is 19.7 Å². The summed E-state index contributed by atoms with van der Waals surface area (Å²) in [6.07, 6.45) is 3.48. The number of rotatable bonds is 9. The van der Waals surface area contributed by atoms with Crippen LogP contribution in [0.25, 0.3) is 0 Å². The van der Waals surface area contributed by atoms with Gasteiger partial charge in [0.15, 0.2) is 0 Å². The lowest BCUT2D eigenvalue weighted by atomic mass is 10.1. The van der Waals surface area contributed by atoms with Gasteiger partial charge in [0.05, 0.1) is 12.7 Å². The highest BCUT2D eigenvalue weighted by Crippen LogP contribution is 2.14. The van der Waals surface area contributed by atoms with Crippen molar-refractivity contribution in [1.29, 1.82) is 0 Å². The van der Waals surface area contributed by atoms with Crippen LogP contribution in [0.2, 0.25) is 0 Å². The highest BCUT2D eigenvalue weighted by atomic mass is 16.5. The molecule has 1 heterocycles. The lowest BCUT2D eigenvalue weighted by molar-refractivity contribution is -0.146. The zero-order valence-electron chi connectivity index (χ0n) is 13.2. The average molecular weight is 286 g/mol. The third kappa shape index (κ3) is 6.20. The Morgan fingerprint density at radius 3 is 2.80 bits per heavy atom. The maximum absolute atomic E-state index is 11.8. The number of ether oxygens (including phenoxy) is 2. The van der Waals surface area contributed by atoms with Crippen molar-refractivity contribution in [2.45, 2.75) is 52.2 Å². The minimum absolute atomic E-state index is 0.132. The topological polar surface area (TPSA) is 50.8 Å². The largest absolute Gasteiger partial charge is 0.465 e. The van der Waals surface area contributed by atoms with E-state index in [-0.39, 0.29) is 12.0 Å². The number of likely N-dealkylation sites (tertiary alicyclic amines) is 1. The zero-order valence-corrected chi connectivity index (χ0v) is 13.2. The average Bonchev–Trinajstić information content (AvgIpc) is 2.44. The smallest absolute Gasteiger partial charge is 0.323 e. The van der Waals surface area contributed by atoms with Crippen molar-refractivity contribution < 1.29 is 14.3 Å². The maximum atomic E-state index is 11.8. The number of nitrogens with one attached hydrogen (secondary N) is 1. The Bertz CT molecular complexity index is 272. The summed E-state index contributed by atoms with van der Waals surface area (Å²) in [6.45, 7) is 10.9. The first-order chi connectivity index (χ1) is 9.71. The van der Waals surface area contributed by atoms with Gasteiger partial charge in [0, 0.05) is 19.7 Å². The second kappa shape index (κ2) is 10.1. The van der Waals surface area contributed by atoms with Gasteiger partial charge in [0.1, 0.15) is 6.04 Å². The fourth-order valence-electron chi connectivity index (χ4n) is 2.69. The number of hydrogen-bond acceptors (Lipinski definition) is 5. The molecule has 0 spiro atoms. The number of nitrogens with zero attached hydrogens (tertiary/aromatic N) is 1. The van der Waals surface area contributed by atoms with Gasteiger partial charge in [-0.15, -0.1) is 0 Å². The second-order valence-corrected chi connectivity index (χ2v) is 5.17. The molecule has 0 aromatic rings. The van der Waals surface area contributed by atoms with Gasteiger partial charge in [-0.3, -0.25) is 4.79 Å². The summed E-state index contributed by atoms with van der Waals surface area (Å²) in [6, 6.07) is -0.188. The van der Waals surface area contributed by atoms with E-state index in [0.717, 1.165) is 45.6 Å². The first kappa shape index (κ1) is 17.4. The summed E-state index contributed by atoms with van der Waals surface area (Å²) >= 11 is 0. The molecule has 0 saturated carbocycles. The van der Waals surface area contributed by atoms with Crippen LogP contribution < -0.4 is 5.32 Å². The summed E-state index contributed by atoms with van der Waals surface area (Å²) in [7, 11) is 0. The predicted molar refractivity (Wildman–Crippen MR) is 79.8 cm³/mol. The van der Waals surface area contributed by atoms with E-state index in [4.69, 9.17) is 9.47 Å².